The van der Waals surface area contributed by atoms with Crippen molar-refractivity contribution in [2.45, 2.75) is 6.42 Å². The second kappa shape index (κ2) is 7.23. The smallest absolute Gasteiger partial charge is 0.227 e. The summed E-state index contributed by atoms with van der Waals surface area (Å²) in [4.78, 5) is 23.4. The van der Waals surface area contributed by atoms with E-state index in [9.17, 15) is 4.79 Å². The summed E-state index contributed by atoms with van der Waals surface area (Å²) in [7, 11) is 0. The maximum absolute atomic E-state index is 12.4. The molecule has 1 amide bonds. The van der Waals surface area contributed by atoms with Crippen molar-refractivity contribution < 1.29 is 4.79 Å². The SMILES string of the molecule is O=C1C[C@@H](CN2CCN(c3cccnc3)CC2)CN1c1ccccc1. The number of hydrogen-bond donors (Lipinski definition) is 0. The number of pyridine rings is 1. The first-order chi connectivity index (χ1) is 12.3. The Kier molecular flexibility index (Phi) is 4.65. The Morgan fingerprint density at radius 1 is 0.960 bits per heavy atom. The van der Waals surface area contributed by atoms with Crippen LogP contribution in [0.15, 0.2) is 54.9 Å². The van der Waals surface area contributed by atoms with Crippen LogP contribution < -0.4 is 9.80 Å². The van der Waals surface area contributed by atoms with Crippen LogP contribution in [0.3, 0.4) is 0 Å². The second-order valence-electron chi connectivity index (χ2n) is 6.91. The van der Waals surface area contributed by atoms with Gasteiger partial charge in [0.2, 0.25) is 5.91 Å². The van der Waals surface area contributed by atoms with E-state index in [1.54, 1.807) is 0 Å². The van der Waals surface area contributed by atoms with E-state index in [1.807, 2.05) is 53.7 Å². The van der Waals surface area contributed by atoms with E-state index in [-0.39, 0.29) is 5.91 Å². The van der Waals surface area contributed by atoms with E-state index in [0.717, 1.165) is 45.0 Å². The number of para-hydroxylation sites is 1. The molecule has 5 nitrogen and oxygen atoms in total. The summed E-state index contributed by atoms with van der Waals surface area (Å²) in [5.74, 6) is 0.683. The average Bonchev–Trinajstić information content (AvgIpc) is 3.04. The van der Waals surface area contributed by atoms with Crippen molar-refractivity contribution in [1.82, 2.24) is 9.88 Å². The van der Waals surface area contributed by atoms with Crippen LogP contribution in [-0.2, 0) is 4.79 Å². The van der Waals surface area contributed by atoms with Crippen LogP contribution in [0, 0.1) is 5.92 Å². The van der Waals surface area contributed by atoms with E-state index >= 15 is 0 Å². The Bertz CT molecular complexity index is 698. The molecule has 4 rings (SSSR count). The Morgan fingerprint density at radius 2 is 1.72 bits per heavy atom. The fourth-order valence-electron chi connectivity index (χ4n) is 3.86. The van der Waals surface area contributed by atoms with Crippen molar-refractivity contribution in [2.75, 3.05) is 49.1 Å². The molecule has 5 heteroatoms. The van der Waals surface area contributed by atoms with Crippen LogP contribution in [0.1, 0.15) is 6.42 Å². The lowest BCUT2D eigenvalue weighted by Gasteiger charge is -2.36. The van der Waals surface area contributed by atoms with Crippen LogP contribution in [0.25, 0.3) is 0 Å². The molecule has 0 spiro atoms. The van der Waals surface area contributed by atoms with E-state index in [2.05, 4.69) is 20.9 Å². The van der Waals surface area contributed by atoms with E-state index in [0.29, 0.717) is 12.3 Å². The summed E-state index contributed by atoms with van der Waals surface area (Å²) < 4.78 is 0. The number of aromatic nitrogens is 1. The predicted molar refractivity (Wildman–Crippen MR) is 99.8 cm³/mol. The van der Waals surface area contributed by atoms with Gasteiger partial charge < -0.3 is 9.80 Å². The van der Waals surface area contributed by atoms with E-state index in [1.165, 1.54) is 5.69 Å². The van der Waals surface area contributed by atoms with Gasteiger partial charge in [-0.05, 0) is 30.2 Å². The number of nitrogens with zero attached hydrogens (tertiary/aromatic N) is 4. The molecule has 1 atom stereocenters. The Balaban J connectivity index is 1.30. The van der Waals surface area contributed by atoms with Crippen LogP contribution in [0.4, 0.5) is 11.4 Å². The lowest BCUT2D eigenvalue weighted by Crippen LogP contribution is -2.48. The minimum atomic E-state index is 0.255. The third kappa shape index (κ3) is 3.66. The number of anilines is 2. The number of hydrogen-bond acceptors (Lipinski definition) is 4. The van der Waals surface area contributed by atoms with Crippen LogP contribution in [0.2, 0.25) is 0 Å². The van der Waals surface area contributed by atoms with Crippen molar-refractivity contribution in [2.24, 2.45) is 5.92 Å². The van der Waals surface area contributed by atoms with Gasteiger partial charge in [-0.2, -0.15) is 0 Å². The molecule has 2 aliphatic heterocycles. The lowest BCUT2D eigenvalue weighted by atomic mass is 10.1. The minimum Gasteiger partial charge on any atom is -0.368 e. The molecule has 0 N–H and O–H groups in total. The maximum atomic E-state index is 12.4. The summed E-state index contributed by atoms with van der Waals surface area (Å²) in [6.07, 6.45) is 4.41. The topological polar surface area (TPSA) is 39.7 Å². The first-order valence-electron chi connectivity index (χ1n) is 9.02. The highest BCUT2D eigenvalue weighted by molar-refractivity contribution is 5.95. The van der Waals surface area contributed by atoms with E-state index < -0.39 is 0 Å². The van der Waals surface area contributed by atoms with Gasteiger partial charge in [0.1, 0.15) is 0 Å². The van der Waals surface area contributed by atoms with E-state index in [4.69, 9.17) is 0 Å². The van der Waals surface area contributed by atoms with Crippen molar-refractivity contribution in [3.05, 3.63) is 54.9 Å². The molecule has 0 unspecified atom stereocenters. The number of piperazine rings is 1. The Morgan fingerprint density at radius 3 is 2.44 bits per heavy atom. The molecule has 2 aromatic rings. The molecule has 0 aliphatic carbocycles. The highest BCUT2D eigenvalue weighted by atomic mass is 16.2. The first-order valence-corrected chi connectivity index (χ1v) is 9.02. The molecular weight excluding hydrogens is 312 g/mol. The number of amides is 1. The van der Waals surface area contributed by atoms with Crippen molar-refractivity contribution >= 4 is 17.3 Å². The van der Waals surface area contributed by atoms with Gasteiger partial charge in [0.05, 0.1) is 11.9 Å². The summed E-state index contributed by atoms with van der Waals surface area (Å²) >= 11 is 0. The highest BCUT2D eigenvalue weighted by Crippen LogP contribution is 2.26. The van der Waals surface area contributed by atoms with Gasteiger partial charge in [0.15, 0.2) is 0 Å². The largest absolute Gasteiger partial charge is 0.368 e. The molecule has 2 saturated heterocycles. The summed E-state index contributed by atoms with van der Waals surface area (Å²) in [6, 6.07) is 14.1. The molecule has 25 heavy (non-hydrogen) atoms. The standard InChI is InChI=1S/C20H24N4O/c25-20-13-17(16-24(20)18-5-2-1-3-6-18)15-22-9-11-23(12-10-22)19-7-4-8-21-14-19/h1-8,14,17H,9-13,15-16H2/t17-/m0/s1. The molecule has 130 valence electrons. The van der Waals surface area contributed by atoms with Gasteiger partial charge in [-0.1, -0.05) is 18.2 Å². The lowest BCUT2D eigenvalue weighted by molar-refractivity contribution is -0.117. The van der Waals surface area contributed by atoms with Crippen molar-refractivity contribution in [1.29, 1.82) is 0 Å². The minimum absolute atomic E-state index is 0.255. The number of carbonyl (C=O) groups is 1. The van der Waals surface area contributed by atoms with Gasteiger partial charge in [-0.25, -0.2) is 0 Å². The predicted octanol–water partition coefficient (Wildman–Crippen LogP) is 2.26. The zero-order valence-corrected chi connectivity index (χ0v) is 14.4. The summed E-state index contributed by atoms with van der Waals surface area (Å²) in [6.45, 7) is 5.99. The number of carbonyl (C=O) groups excluding carboxylic acids is 1. The van der Waals surface area contributed by atoms with Gasteiger partial charge in [-0.15, -0.1) is 0 Å². The van der Waals surface area contributed by atoms with Gasteiger partial charge in [0, 0.05) is 57.6 Å². The fraction of sp³-hybridized carbons (Fsp3) is 0.400. The van der Waals surface area contributed by atoms with Gasteiger partial charge >= 0.3 is 0 Å². The van der Waals surface area contributed by atoms with Crippen LogP contribution in [0.5, 0.6) is 0 Å². The fourth-order valence-corrected chi connectivity index (χ4v) is 3.86. The second-order valence-corrected chi connectivity index (χ2v) is 6.91. The van der Waals surface area contributed by atoms with Gasteiger partial charge in [-0.3, -0.25) is 14.7 Å². The number of benzene rings is 1. The van der Waals surface area contributed by atoms with Crippen molar-refractivity contribution in [3.63, 3.8) is 0 Å². The molecule has 0 radical (unpaired) electrons. The van der Waals surface area contributed by atoms with Gasteiger partial charge in [0.25, 0.3) is 0 Å². The first kappa shape index (κ1) is 16.1. The molecule has 0 bridgehead atoms. The zero-order valence-electron chi connectivity index (χ0n) is 14.4. The quantitative estimate of drug-likeness (QED) is 0.859. The molecule has 0 saturated carbocycles. The average molecular weight is 336 g/mol. The molecule has 2 aliphatic rings. The summed E-state index contributed by atoms with van der Waals surface area (Å²) in [5, 5.41) is 0. The van der Waals surface area contributed by atoms with Crippen LogP contribution in [-0.4, -0.2) is 55.1 Å². The monoisotopic (exact) mass is 336 g/mol. The highest BCUT2D eigenvalue weighted by Gasteiger charge is 2.32. The normalized spacial score (nSPS) is 21.8. The molecule has 1 aromatic carbocycles. The molecule has 3 heterocycles. The summed E-state index contributed by atoms with van der Waals surface area (Å²) in [5.41, 5.74) is 2.23. The Hall–Kier alpha value is -2.40. The van der Waals surface area contributed by atoms with Crippen molar-refractivity contribution in [3.8, 4) is 0 Å². The maximum Gasteiger partial charge on any atom is 0.227 e. The van der Waals surface area contributed by atoms with Crippen LogP contribution >= 0.6 is 0 Å². The third-order valence-corrected chi connectivity index (χ3v) is 5.17. The Labute approximate surface area is 148 Å². The zero-order chi connectivity index (χ0) is 17.1. The molecule has 1 aromatic heterocycles. The number of rotatable bonds is 4. The molecular formula is C20H24N4O. The molecule has 2 fully saturated rings. The third-order valence-electron chi connectivity index (χ3n) is 5.17.